The Hall–Kier alpha value is -1.00. The summed E-state index contributed by atoms with van der Waals surface area (Å²) in [5.41, 5.74) is 6.24. The van der Waals surface area contributed by atoms with Gasteiger partial charge in [-0.05, 0) is 36.8 Å². The van der Waals surface area contributed by atoms with Crippen molar-refractivity contribution in [1.82, 2.24) is 0 Å². The summed E-state index contributed by atoms with van der Waals surface area (Å²) >= 11 is 1.89. The predicted molar refractivity (Wildman–Crippen MR) is 86.0 cm³/mol. The Kier molecular flexibility index (Phi) is 7.70. The maximum Gasteiger partial charge on any atom is 0.317 e. The molecule has 3 nitrogen and oxygen atoms in total. The topological polar surface area (TPSA) is 52.3 Å². The highest BCUT2D eigenvalue weighted by molar-refractivity contribution is 7.99. The largest absolute Gasteiger partial charge is 0.465 e. The standard InChI is InChI=1S/C16H25NO2S/c1-3-19-15(18)16(13-17,11-8-12-20-4-2)14-9-6-5-7-10-14/h5-7,9-10H,3-4,8,11-13,17H2,1-2H3. The van der Waals surface area contributed by atoms with Gasteiger partial charge in [0.2, 0.25) is 0 Å². The molecule has 0 aliphatic rings. The van der Waals surface area contributed by atoms with Crippen LogP contribution < -0.4 is 5.73 Å². The zero-order valence-corrected chi connectivity index (χ0v) is 13.2. The molecule has 1 unspecified atom stereocenters. The molecule has 1 aromatic carbocycles. The Bertz CT molecular complexity index is 397. The summed E-state index contributed by atoms with van der Waals surface area (Å²) in [4.78, 5) is 12.5. The van der Waals surface area contributed by atoms with Gasteiger partial charge in [0.05, 0.1) is 6.61 Å². The minimum Gasteiger partial charge on any atom is -0.465 e. The first-order chi connectivity index (χ1) is 9.71. The van der Waals surface area contributed by atoms with Crippen LogP contribution in [0.5, 0.6) is 0 Å². The van der Waals surface area contributed by atoms with Crippen LogP contribution in [-0.4, -0.2) is 30.6 Å². The lowest BCUT2D eigenvalue weighted by molar-refractivity contribution is -0.150. The van der Waals surface area contributed by atoms with E-state index in [9.17, 15) is 4.79 Å². The molecule has 0 radical (unpaired) electrons. The molecule has 0 aliphatic carbocycles. The number of thioether (sulfide) groups is 1. The summed E-state index contributed by atoms with van der Waals surface area (Å²) in [6, 6.07) is 9.77. The summed E-state index contributed by atoms with van der Waals surface area (Å²) in [7, 11) is 0. The monoisotopic (exact) mass is 295 g/mol. The number of carbonyl (C=O) groups is 1. The van der Waals surface area contributed by atoms with Crippen LogP contribution in [0.3, 0.4) is 0 Å². The molecular formula is C16H25NO2S. The van der Waals surface area contributed by atoms with Crippen molar-refractivity contribution in [1.29, 1.82) is 0 Å². The van der Waals surface area contributed by atoms with Crippen LogP contribution in [0.25, 0.3) is 0 Å². The lowest BCUT2D eigenvalue weighted by Crippen LogP contribution is -2.44. The van der Waals surface area contributed by atoms with E-state index in [0.29, 0.717) is 6.61 Å². The summed E-state index contributed by atoms with van der Waals surface area (Å²) in [5, 5.41) is 0. The maximum atomic E-state index is 12.5. The fraction of sp³-hybridized carbons (Fsp3) is 0.562. The van der Waals surface area contributed by atoms with Crippen molar-refractivity contribution in [3.63, 3.8) is 0 Å². The molecule has 4 heteroatoms. The minimum atomic E-state index is -0.703. The fourth-order valence-electron chi connectivity index (χ4n) is 2.31. The minimum absolute atomic E-state index is 0.199. The van der Waals surface area contributed by atoms with E-state index in [1.165, 1.54) is 0 Å². The number of hydrogen-bond acceptors (Lipinski definition) is 4. The molecule has 1 rings (SSSR count). The Labute approximate surface area is 126 Å². The molecule has 0 spiro atoms. The van der Waals surface area contributed by atoms with Gasteiger partial charge in [-0.1, -0.05) is 37.3 Å². The van der Waals surface area contributed by atoms with Crippen LogP contribution in [0.2, 0.25) is 0 Å². The van der Waals surface area contributed by atoms with E-state index in [1.807, 2.05) is 49.0 Å². The quantitative estimate of drug-likeness (QED) is 0.562. The SMILES string of the molecule is CCOC(=O)C(CN)(CCCSCC)c1ccccc1. The highest BCUT2D eigenvalue weighted by atomic mass is 32.2. The van der Waals surface area contributed by atoms with Gasteiger partial charge in [0.15, 0.2) is 0 Å². The molecule has 0 bridgehead atoms. The van der Waals surface area contributed by atoms with Crippen molar-refractivity contribution >= 4 is 17.7 Å². The van der Waals surface area contributed by atoms with E-state index in [4.69, 9.17) is 10.5 Å². The molecule has 20 heavy (non-hydrogen) atoms. The maximum absolute atomic E-state index is 12.5. The Morgan fingerprint density at radius 1 is 1.30 bits per heavy atom. The summed E-state index contributed by atoms with van der Waals surface area (Å²) < 4.78 is 5.28. The highest BCUT2D eigenvalue weighted by Gasteiger charge is 2.39. The Morgan fingerprint density at radius 2 is 2.00 bits per heavy atom. The first-order valence-corrected chi connectivity index (χ1v) is 8.37. The van der Waals surface area contributed by atoms with Crippen LogP contribution in [-0.2, 0) is 14.9 Å². The number of nitrogens with two attached hydrogens (primary N) is 1. The zero-order chi connectivity index (χ0) is 14.8. The van der Waals surface area contributed by atoms with Crippen LogP contribution in [0, 0.1) is 0 Å². The Morgan fingerprint density at radius 3 is 2.55 bits per heavy atom. The van der Waals surface area contributed by atoms with Gasteiger partial charge in [-0.3, -0.25) is 4.79 Å². The number of ether oxygens (including phenoxy) is 1. The average Bonchev–Trinajstić information content (AvgIpc) is 2.49. The van der Waals surface area contributed by atoms with E-state index >= 15 is 0 Å². The smallest absolute Gasteiger partial charge is 0.317 e. The second-order valence-electron chi connectivity index (χ2n) is 4.67. The average molecular weight is 295 g/mol. The molecule has 0 saturated carbocycles. The first-order valence-electron chi connectivity index (χ1n) is 7.21. The molecule has 0 saturated heterocycles. The first kappa shape index (κ1) is 17.1. The molecule has 1 aromatic rings. The summed E-state index contributed by atoms with van der Waals surface area (Å²) in [6.45, 7) is 4.64. The van der Waals surface area contributed by atoms with Crippen molar-refractivity contribution in [3.8, 4) is 0 Å². The number of benzene rings is 1. The van der Waals surface area contributed by atoms with E-state index < -0.39 is 5.41 Å². The second-order valence-corrected chi connectivity index (χ2v) is 6.07. The van der Waals surface area contributed by atoms with Crippen LogP contribution in [0.15, 0.2) is 30.3 Å². The van der Waals surface area contributed by atoms with Crippen molar-refractivity contribution in [2.45, 2.75) is 32.1 Å². The van der Waals surface area contributed by atoms with Gasteiger partial charge in [-0.25, -0.2) is 0 Å². The van der Waals surface area contributed by atoms with Crippen molar-refractivity contribution in [3.05, 3.63) is 35.9 Å². The molecule has 112 valence electrons. The lowest BCUT2D eigenvalue weighted by Gasteiger charge is -2.30. The molecule has 1 atom stereocenters. The highest BCUT2D eigenvalue weighted by Crippen LogP contribution is 2.31. The molecule has 0 amide bonds. The van der Waals surface area contributed by atoms with Crippen molar-refractivity contribution < 1.29 is 9.53 Å². The van der Waals surface area contributed by atoms with Crippen LogP contribution in [0.4, 0.5) is 0 Å². The number of carbonyl (C=O) groups excluding carboxylic acids is 1. The van der Waals surface area contributed by atoms with E-state index in [1.54, 1.807) is 0 Å². The normalized spacial score (nSPS) is 13.8. The van der Waals surface area contributed by atoms with E-state index in [0.717, 1.165) is 29.9 Å². The zero-order valence-electron chi connectivity index (χ0n) is 12.4. The molecule has 0 aromatic heterocycles. The van der Waals surface area contributed by atoms with Gasteiger partial charge in [0.25, 0.3) is 0 Å². The van der Waals surface area contributed by atoms with E-state index in [2.05, 4.69) is 6.92 Å². The summed E-state index contributed by atoms with van der Waals surface area (Å²) in [5.74, 6) is 1.94. The molecule has 0 heterocycles. The molecule has 2 N–H and O–H groups in total. The van der Waals surface area contributed by atoms with Crippen LogP contribution >= 0.6 is 11.8 Å². The Balaban J connectivity index is 2.94. The third kappa shape index (κ3) is 4.25. The number of rotatable bonds is 9. The molecular weight excluding hydrogens is 270 g/mol. The van der Waals surface area contributed by atoms with Crippen LogP contribution in [0.1, 0.15) is 32.3 Å². The third-order valence-electron chi connectivity index (χ3n) is 3.44. The summed E-state index contributed by atoms with van der Waals surface area (Å²) in [6.07, 6.45) is 1.70. The predicted octanol–water partition coefficient (Wildman–Crippen LogP) is 2.98. The fourth-order valence-corrected chi connectivity index (χ4v) is 2.95. The van der Waals surface area contributed by atoms with Crippen molar-refractivity contribution in [2.24, 2.45) is 5.73 Å². The number of esters is 1. The molecule has 0 aliphatic heterocycles. The lowest BCUT2D eigenvalue weighted by atomic mass is 9.77. The van der Waals surface area contributed by atoms with E-state index in [-0.39, 0.29) is 12.5 Å². The van der Waals surface area contributed by atoms with Gasteiger partial charge in [-0.2, -0.15) is 11.8 Å². The molecule has 0 fully saturated rings. The van der Waals surface area contributed by atoms with Gasteiger partial charge >= 0.3 is 5.97 Å². The van der Waals surface area contributed by atoms with Crippen molar-refractivity contribution in [2.75, 3.05) is 24.7 Å². The van der Waals surface area contributed by atoms with Gasteiger partial charge in [0.1, 0.15) is 5.41 Å². The van der Waals surface area contributed by atoms with Gasteiger partial charge < -0.3 is 10.5 Å². The third-order valence-corrected chi connectivity index (χ3v) is 4.42. The van der Waals surface area contributed by atoms with Gasteiger partial charge in [0, 0.05) is 6.54 Å². The number of hydrogen-bond donors (Lipinski definition) is 1. The van der Waals surface area contributed by atoms with Gasteiger partial charge in [-0.15, -0.1) is 0 Å². The second kappa shape index (κ2) is 9.03.